The lowest BCUT2D eigenvalue weighted by Crippen LogP contribution is -2.11. The van der Waals surface area contributed by atoms with Gasteiger partial charge in [0.25, 0.3) is 0 Å². The van der Waals surface area contributed by atoms with E-state index in [9.17, 15) is 0 Å². The summed E-state index contributed by atoms with van der Waals surface area (Å²) in [6, 6.07) is 17.8. The van der Waals surface area contributed by atoms with Crippen LogP contribution in [-0.4, -0.2) is 27.0 Å². The largest absolute Gasteiger partial charge is 0.497 e. The summed E-state index contributed by atoms with van der Waals surface area (Å²) in [6.07, 6.45) is 3.67. The van der Waals surface area contributed by atoms with E-state index in [0.29, 0.717) is 11.8 Å². The minimum Gasteiger partial charge on any atom is -0.497 e. The van der Waals surface area contributed by atoms with E-state index in [1.54, 1.807) is 13.3 Å². The summed E-state index contributed by atoms with van der Waals surface area (Å²) >= 11 is 0. The molecule has 2 aromatic carbocycles. The Labute approximate surface area is 156 Å². The molecule has 0 saturated carbocycles. The van der Waals surface area contributed by atoms with Gasteiger partial charge in [-0.25, -0.2) is 4.68 Å². The lowest BCUT2D eigenvalue weighted by Gasteiger charge is -2.16. The number of nitrogens with zero attached hydrogens (tertiary/aromatic N) is 4. The number of benzene rings is 2. The number of ether oxygens (including phenoxy) is 1. The molecule has 0 radical (unpaired) electrons. The van der Waals surface area contributed by atoms with Crippen LogP contribution in [0.3, 0.4) is 0 Å². The number of rotatable bonds is 6. The fraction of sp³-hybridized carbons (Fsp3) is 0.150. The Kier molecular flexibility index (Phi) is 4.57. The standard InChI is InChI=1S/C20H19N5O2/c1-14(17-9-3-4-10-18(17)25-12-6-11-21-25)22-20-23-19(24-27-20)15-7-5-8-16(13-15)26-2/h3-14H,1-2H3,(H,22,23,24). The van der Waals surface area contributed by atoms with Crippen molar-refractivity contribution in [3.05, 3.63) is 72.6 Å². The van der Waals surface area contributed by atoms with E-state index in [1.165, 1.54) is 0 Å². The minimum absolute atomic E-state index is 0.0518. The van der Waals surface area contributed by atoms with Gasteiger partial charge >= 0.3 is 6.01 Å². The number of nitrogens with one attached hydrogen (secondary N) is 1. The van der Waals surface area contributed by atoms with Gasteiger partial charge in [-0.2, -0.15) is 10.1 Å². The lowest BCUT2D eigenvalue weighted by molar-refractivity contribution is 0.414. The highest BCUT2D eigenvalue weighted by Gasteiger charge is 2.16. The SMILES string of the molecule is COc1cccc(-c2noc(NC(C)c3ccccc3-n3cccn3)n2)c1. The first-order valence-electron chi connectivity index (χ1n) is 8.58. The van der Waals surface area contributed by atoms with Gasteiger partial charge in [-0.05, 0) is 36.8 Å². The summed E-state index contributed by atoms with van der Waals surface area (Å²) in [7, 11) is 1.63. The number of hydrogen-bond acceptors (Lipinski definition) is 6. The summed E-state index contributed by atoms with van der Waals surface area (Å²) in [5, 5.41) is 11.6. The van der Waals surface area contributed by atoms with Gasteiger partial charge in [0, 0.05) is 18.0 Å². The molecular weight excluding hydrogens is 342 g/mol. The van der Waals surface area contributed by atoms with Crippen molar-refractivity contribution in [3.63, 3.8) is 0 Å². The van der Waals surface area contributed by atoms with Crippen molar-refractivity contribution in [1.82, 2.24) is 19.9 Å². The zero-order valence-electron chi connectivity index (χ0n) is 15.0. The van der Waals surface area contributed by atoms with Crippen molar-refractivity contribution in [2.45, 2.75) is 13.0 Å². The summed E-state index contributed by atoms with van der Waals surface area (Å²) in [5.41, 5.74) is 2.90. The first kappa shape index (κ1) is 16.8. The number of anilines is 1. The monoisotopic (exact) mass is 361 g/mol. The van der Waals surface area contributed by atoms with Crippen LogP contribution >= 0.6 is 0 Å². The Hall–Kier alpha value is -3.61. The molecule has 1 unspecified atom stereocenters. The zero-order chi connectivity index (χ0) is 18.6. The highest BCUT2D eigenvalue weighted by Crippen LogP contribution is 2.26. The van der Waals surface area contributed by atoms with Crippen LogP contribution in [0.25, 0.3) is 17.1 Å². The molecule has 2 heterocycles. The summed E-state index contributed by atoms with van der Waals surface area (Å²) in [5.74, 6) is 1.25. The number of aromatic nitrogens is 4. The molecule has 0 amide bonds. The van der Waals surface area contributed by atoms with E-state index in [-0.39, 0.29) is 6.04 Å². The third-order valence-electron chi connectivity index (χ3n) is 4.25. The van der Waals surface area contributed by atoms with E-state index >= 15 is 0 Å². The first-order valence-corrected chi connectivity index (χ1v) is 8.58. The zero-order valence-corrected chi connectivity index (χ0v) is 15.0. The third kappa shape index (κ3) is 3.52. The molecule has 7 nitrogen and oxygen atoms in total. The van der Waals surface area contributed by atoms with Gasteiger partial charge in [0.05, 0.1) is 18.8 Å². The molecule has 0 aliphatic carbocycles. The molecule has 1 N–H and O–H groups in total. The highest BCUT2D eigenvalue weighted by atomic mass is 16.5. The minimum atomic E-state index is -0.0518. The third-order valence-corrected chi connectivity index (χ3v) is 4.25. The predicted octanol–water partition coefficient (Wildman–Crippen LogP) is 4.10. The van der Waals surface area contributed by atoms with Crippen molar-refractivity contribution >= 4 is 6.01 Å². The van der Waals surface area contributed by atoms with E-state index in [1.807, 2.05) is 72.4 Å². The Morgan fingerprint density at radius 3 is 2.81 bits per heavy atom. The molecule has 2 aromatic heterocycles. The smallest absolute Gasteiger partial charge is 0.322 e. The fourth-order valence-electron chi connectivity index (χ4n) is 2.90. The molecule has 4 aromatic rings. The van der Waals surface area contributed by atoms with E-state index in [0.717, 1.165) is 22.6 Å². The van der Waals surface area contributed by atoms with Crippen LogP contribution < -0.4 is 10.1 Å². The first-order chi connectivity index (χ1) is 13.2. The van der Waals surface area contributed by atoms with E-state index in [2.05, 4.69) is 20.6 Å². The van der Waals surface area contributed by atoms with Gasteiger partial charge in [-0.1, -0.05) is 35.5 Å². The second kappa shape index (κ2) is 7.33. The van der Waals surface area contributed by atoms with Crippen molar-refractivity contribution in [1.29, 1.82) is 0 Å². The molecular formula is C20H19N5O2. The highest BCUT2D eigenvalue weighted by molar-refractivity contribution is 5.58. The fourth-order valence-corrected chi connectivity index (χ4v) is 2.90. The number of hydrogen-bond donors (Lipinski definition) is 1. The van der Waals surface area contributed by atoms with Crippen molar-refractivity contribution in [2.24, 2.45) is 0 Å². The molecule has 0 saturated heterocycles. The van der Waals surface area contributed by atoms with Crippen LogP contribution in [-0.2, 0) is 0 Å². The van der Waals surface area contributed by atoms with Gasteiger partial charge in [-0.3, -0.25) is 0 Å². The summed E-state index contributed by atoms with van der Waals surface area (Å²) < 4.78 is 12.5. The average Bonchev–Trinajstić information content (AvgIpc) is 3.40. The van der Waals surface area contributed by atoms with Gasteiger partial charge < -0.3 is 14.6 Å². The summed E-state index contributed by atoms with van der Waals surface area (Å²) in [6.45, 7) is 2.04. The molecule has 136 valence electrons. The van der Waals surface area contributed by atoms with Crippen molar-refractivity contribution < 1.29 is 9.26 Å². The van der Waals surface area contributed by atoms with Crippen LogP contribution in [0.2, 0.25) is 0 Å². The van der Waals surface area contributed by atoms with Crippen LogP contribution in [0.15, 0.2) is 71.5 Å². The molecule has 0 aliphatic rings. The lowest BCUT2D eigenvalue weighted by atomic mass is 10.1. The van der Waals surface area contributed by atoms with E-state index < -0.39 is 0 Å². The molecule has 0 fully saturated rings. The Balaban J connectivity index is 1.56. The van der Waals surface area contributed by atoms with E-state index in [4.69, 9.17) is 9.26 Å². The van der Waals surface area contributed by atoms with Crippen LogP contribution in [0, 0.1) is 0 Å². The maximum atomic E-state index is 5.38. The van der Waals surface area contributed by atoms with Crippen LogP contribution in [0.4, 0.5) is 6.01 Å². The van der Waals surface area contributed by atoms with Gasteiger partial charge in [-0.15, -0.1) is 0 Å². The quantitative estimate of drug-likeness (QED) is 0.557. The molecule has 7 heteroatoms. The second-order valence-corrected chi connectivity index (χ2v) is 6.03. The van der Waals surface area contributed by atoms with Gasteiger partial charge in [0.15, 0.2) is 0 Å². The van der Waals surface area contributed by atoms with Crippen molar-refractivity contribution in [2.75, 3.05) is 12.4 Å². The van der Waals surface area contributed by atoms with Crippen LogP contribution in [0.1, 0.15) is 18.5 Å². The van der Waals surface area contributed by atoms with Gasteiger partial charge in [0.1, 0.15) is 5.75 Å². The maximum absolute atomic E-state index is 5.38. The average molecular weight is 361 g/mol. The van der Waals surface area contributed by atoms with Crippen molar-refractivity contribution in [3.8, 4) is 22.8 Å². The Morgan fingerprint density at radius 2 is 2.00 bits per heavy atom. The number of para-hydroxylation sites is 1. The molecule has 0 spiro atoms. The molecule has 4 rings (SSSR count). The predicted molar refractivity (Wildman–Crippen MR) is 102 cm³/mol. The molecule has 1 atom stereocenters. The maximum Gasteiger partial charge on any atom is 0.322 e. The molecule has 27 heavy (non-hydrogen) atoms. The Bertz CT molecular complexity index is 1030. The number of methoxy groups -OCH3 is 1. The normalized spacial score (nSPS) is 11.9. The van der Waals surface area contributed by atoms with Crippen LogP contribution in [0.5, 0.6) is 5.75 Å². The van der Waals surface area contributed by atoms with Gasteiger partial charge in [0.2, 0.25) is 5.82 Å². The molecule has 0 bridgehead atoms. The summed E-state index contributed by atoms with van der Waals surface area (Å²) in [4.78, 5) is 4.45. The molecule has 0 aliphatic heterocycles. The Morgan fingerprint density at radius 1 is 1.11 bits per heavy atom. The second-order valence-electron chi connectivity index (χ2n) is 6.03. The topological polar surface area (TPSA) is 78.0 Å².